The van der Waals surface area contributed by atoms with E-state index in [-0.39, 0.29) is 17.5 Å². The summed E-state index contributed by atoms with van der Waals surface area (Å²) in [5.41, 5.74) is 5.53. The van der Waals surface area contributed by atoms with Crippen molar-refractivity contribution in [3.8, 4) is 0 Å². The minimum Gasteiger partial charge on any atom is -0.378 e. The zero-order valence-corrected chi connectivity index (χ0v) is 9.35. The van der Waals surface area contributed by atoms with Crippen molar-refractivity contribution in [3.63, 3.8) is 0 Å². The minimum absolute atomic E-state index is 0.0888. The van der Waals surface area contributed by atoms with Gasteiger partial charge in [-0.3, -0.25) is 10.1 Å². The van der Waals surface area contributed by atoms with Gasteiger partial charge in [-0.15, -0.1) is 11.3 Å². The molecule has 2 N–H and O–H groups in total. The van der Waals surface area contributed by atoms with Gasteiger partial charge in [0.25, 0.3) is 0 Å². The molecule has 0 saturated heterocycles. The Labute approximate surface area is 95.5 Å². The minimum atomic E-state index is -0.528. The summed E-state index contributed by atoms with van der Waals surface area (Å²) in [6.45, 7) is 1.90. The Morgan fingerprint density at radius 2 is 2.44 bits per heavy atom. The van der Waals surface area contributed by atoms with Crippen LogP contribution in [0.1, 0.15) is 17.8 Å². The maximum Gasteiger partial charge on any atom is 0.330 e. The molecule has 2 aromatic rings. The average Bonchev–Trinajstić information content (AvgIpc) is 2.84. The van der Waals surface area contributed by atoms with Crippen molar-refractivity contribution in [2.75, 3.05) is 5.73 Å². The maximum absolute atomic E-state index is 10.6. The van der Waals surface area contributed by atoms with E-state index in [2.05, 4.69) is 5.10 Å². The molecule has 1 unspecified atom stereocenters. The molecule has 0 aromatic carbocycles. The molecule has 0 aliphatic carbocycles. The first-order valence-corrected chi connectivity index (χ1v) is 5.50. The maximum atomic E-state index is 10.6. The first kappa shape index (κ1) is 10.6. The number of nitro groups is 1. The summed E-state index contributed by atoms with van der Waals surface area (Å²) in [6, 6.07) is 3.78. The van der Waals surface area contributed by atoms with E-state index >= 15 is 0 Å². The van der Waals surface area contributed by atoms with Crippen LogP contribution < -0.4 is 5.73 Å². The van der Waals surface area contributed by atoms with Gasteiger partial charge in [0.2, 0.25) is 5.82 Å². The predicted molar refractivity (Wildman–Crippen MR) is 61.4 cm³/mol. The smallest absolute Gasteiger partial charge is 0.330 e. The number of hydrogen-bond acceptors (Lipinski definition) is 5. The molecule has 2 rings (SSSR count). The van der Waals surface area contributed by atoms with E-state index in [1.807, 2.05) is 24.4 Å². The molecule has 0 aliphatic heterocycles. The lowest BCUT2D eigenvalue weighted by atomic mass is 10.3. The monoisotopic (exact) mass is 238 g/mol. The molecule has 2 aromatic heterocycles. The SMILES string of the molecule is CC(c1cccs1)n1ncc([N+](=O)[O-])c1N. The van der Waals surface area contributed by atoms with Crippen LogP contribution in [0.5, 0.6) is 0 Å². The first-order valence-electron chi connectivity index (χ1n) is 4.62. The third-order valence-corrected chi connectivity index (χ3v) is 3.37. The highest BCUT2D eigenvalue weighted by Gasteiger charge is 2.21. The summed E-state index contributed by atoms with van der Waals surface area (Å²) < 4.78 is 1.46. The number of nitrogen functional groups attached to an aromatic ring is 1. The van der Waals surface area contributed by atoms with E-state index in [1.165, 1.54) is 10.9 Å². The molecule has 0 aliphatic rings. The first-order chi connectivity index (χ1) is 7.61. The van der Waals surface area contributed by atoms with E-state index in [1.54, 1.807) is 11.3 Å². The van der Waals surface area contributed by atoms with Crippen molar-refractivity contribution < 1.29 is 4.92 Å². The van der Waals surface area contributed by atoms with Crippen molar-refractivity contribution >= 4 is 22.8 Å². The molecule has 0 amide bonds. The van der Waals surface area contributed by atoms with Gasteiger partial charge in [0.1, 0.15) is 6.20 Å². The van der Waals surface area contributed by atoms with Gasteiger partial charge in [0, 0.05) is 4.88 Å². The summed E-state index contributed by atoms with van der Waals surface area (Å²) in [5.74, 6) is 0.0888. The van der Waals surface area contributed by atoms with Crippen LogP contribution in [0, 0.1) is 10.1 Å². The van der Waals surface area contributed by atoms with E-state index < -0.39 is 4.92 Å². The summed E-state index contributed by atoms with van der Waals surface area (Å²) in [6.07, 6.45) is 1.18. The number of nitrogens with two attached hydrogens (primary N) is 1. The lowest BCUT2D eigenvalue weighted by Gasteiger charge is -2.10. The van der Waals surface area contributed by atoms with Crippen molar-refractivity contribution in [1.29, 1.82) is 0 Å². The zero-order chi connectivity index (χ0) is 11.7. The van der Waals surface area contributed by atoms with Crippen LogP contribution in [0.25, 0.3) is 0 Å². The second kappa shape index (κ2) is 3.93. The Morgan fingerprint density at radius 1 is 1.69 bits per heavy atom. The van der Waals surface area contributed by atoms with Crippen LogP contribution in [-0.2, 0) is 0 Å². The third-order valence-electron chi connectivity index (χ3n) is 2.33. The summed E-state index contributed by atoms with van der Waals surface area (Å²) in [5, 5.41) is 16.5. The predicted octanol–water partition coefficient (Wildman–Crippen LogP) is 2.04. The molecule has 0 spiro atoms. The Hall–Kier alpha value is -1.89. The second-order valence-corrected chi connectivity index (χ2v) is 4.29. The largest absolute Gasteiger partial charge is 0.378 e. The molecular weight excluding hydrogens is 228 g/mol. The number of aromatic nitrogens is 2. The van der Waals surface area contributed by atoms with Gasteiger partial charge in [-0.25, -0.2) is 4.68 Å². The van der Waals surface area contributed by atoms with Crippen molar-refractivity contribution in [2.45, 2.75) is 13.0 Å². The molecule has 2 heterocycles. The summed E-state index contributed by atoms with van der Waals surface area (Å²) in [7, 11) is 0. The Morgan fingerprint density at radius 3 is 2.94 bits per heavy atom. The number of rotatable bonds is 3. The molecule has 1 atom stereocenters. The molecule has 16 heavy (non-hydrogen) atoms. The zero-order valence-electron chi connectivity index (χ0n) is 8.53. The molecule has 0 saturated carbocycles. The van der Waals surface area contributed by atoms with E-state index in [0.717, 1.165) is 4.88 Å². The lowest BCUT2D eigenvalue weighted by Crippen LogP contribution is -2.10. The van der Waals surface area contributed by atoms with Crippen LogP contribution >= 0.6 is 11.3 Å². The van der Waals surface area contributed by atoms with Gasteiger partial charge < -0.3 is 5.73 Å². The molecular formula is C9H10N4O2S. The third kappa shape index (κ3) is 1.65. The fourth-order valence-corrected chi connectivity index (χ4v) is 2.23. The fraction of sp³-hybridized carbons (Fsp3) is 0.222. The molecule has 6 nitrogen and oxygen atoms in total. The fourth-order valence-electron chi connectivity index (χ4n) is 1.46. The molecule has 0 fully saturated rings. The standard InChI is InChI=1S/C9H10N4O2S/c1-6(8-3-2-4-16-8)12-9(10)7(5-11-12)13(14)15/h2-6H,10H2,1H3. The van der Waals surface area contributed by atoms with Gasteiger partial charge in [-0.05, 0) is 18.4 Å². The second-order valence-electron chi connectivity index (χ2n) is 3.31. The number of anilines is 1. The van der Waals surface area contributed by atoms with Gasteiger partial charge in [0.05, 0.1) is 11.0 Å². The topological polar surface area (TPSA) is 87.0 Å². The van der Waals surface area contributed by atoms with Gasteiger partial charge in [0.15, 0.2) is 0 Å². The highest BCUT2D eigenvalue weighted by Crippen LogP contribution is 2.28. The van der Waals surface area contributed by atoms with E-state index in [9.17, 15) is 10.1 Å². The highest BCUT2D eigenvalue weighted by atomic mass is 32.1. The lowest BCUT2D eigenvalue weighted by molar-refractivity contribution is -0.384. The quantitative estimate of drug-likeness (QED) is 0.654. The molecule has 7 heteroatoms. The summed E-state index contributed by atoms with van der Waals surface area (Å²) in [4.78, 5) is 11.2. The van der Waals surface area contributed by atoms with Crippen LogP contribution in [-0.4, -0.2) is 14.7 Å². The van der Waals surface area contributed by atoms with Crippen LogP contribution in [0.3, 0.4) is 0 Å². The Bertz CT molecular complexity index is 506. The van der Waals surface area contributed by atoms with Crippen molar-refractivity contribution in [2.24, 2.45) is 0 Å². The van der Waals surface area contributed by atoms with Crippen molar-refractivity contribution in [1.82, 2.24) is 9.78 Å². The van der Waals surface area contributed by atoms with Gasteiger partial charge in [-0.1, -0.05) is 6.07 Å². The highest BCUT2D eigenvalue weighted by molar-refractivity contribution is 7.10. The number of thiophene rings is 1. The van der Waals surface area contributed by atoms with E-state index in [0.29, 0.717) is 0 Å². The van der Waals surface area contributed by atoms with Crippen LogP contribution in [0.4, 0.5) is 11.5 Å². The van der Waals surface area contributed by atoms with E-state index in [4.69, 9.17) is 5.73 Å². The Balaban J connectivity index is 2.38. The van der Waals surface area contributed by atoms with Crippen molar-refractivity contribution in [3.05, 3.63) is 38.7 Å². The van der Waals surface area contributed by atoms with Gasteiger partial charge in [-0.2, -0.15) is 5.10 Å². The van der Waals surface area contributed by atoms with Gasteiger partial charge >= 0.3 is 5.69 Å². The molecule has 84 valence electrons. The molecule has 0 radical (unpaired) electrons. The number of hydrogen-bond donors (Lipinski definition) is 1. The van der Waals surface area contributed by atoms with Crippen LogP contribution in [0.2, 0.25) is 0 Å². The average molecular weight is 238 g/mol. The number of nitrogens with zero attached hydrogens (tertiary/aromatic N) is 3. The normalized spacial score (nSPS) is 12.6. The summed E-state index contributed by atoms with van der Waals surface area (Å²) >= 11 is 1.57. The Kier molecular flexibility index (Phi) is 2.61. The molecule has 0 bridgehead atoms. The van der Waals surface area contributed by atoms with Crippen LogP contribution in [0.15, 0.2) is 23.7 Å².